The number of carbonyl (C=O) groups excluding carboxylic acids is 3. The predicted octanol–water partition coefficient (Wildman–Crippen LogP) is 2.91. The zero-order valence-corrected chi connectivity index (χ0v) is 13.8. The number of nitrogens with zero attached hydrogens (tertiary/aromatic N) is 2. The summed E-state index contributed by atoms with van der Waals surface area (Å²) < 4.78 is 0. The number of rotatable bonds is 3. The van der Waals surface area contributed by atoms with Gasteiger partial charge in [0.05, 0.1) is 10.6 Å². The van der Waals surface area contributed by atoms with E-state index in [9.17, 15) is 24.5 Å². The highest BCUT2D eigenvalue weighted by Crippen LogP contribution is 2.26. The van der Waals surface area contributed by atoms with Crippen molar-refractivity contribution in [1.29, 1.82) is 0 Å². The van der Waals surface area contributed by atoms with Crippen LogP contribution in [0.15, 0.2) is 54.1 Å². The highest BCUT2D eigenvalue weighted by atomic mass is 35.5. The van der Waals surface area contributed by atoms with Crippen LogP contribution in [0.2, 0.25) is 5.02 Å². The minimum absolute atomic E-state index is 0.113. The molecule has 1 N–H and O–H groups in total. The molecule has 1 heterocycles. The zero-order chi connectivity index (χ0) is 18.8. The van der Waals surface area contributed by atoms with Crippen molar-refractivity contribution in [3.05, 3.63) is 74.8 Å². The summed E-state index contributed by atoms with van der Waals surface area (Å²) in [6, 6.07) is 10.8. The van der Waals surface area contributed by atoms with Gasteiger partial charge in [0.25, 0.3) is 17.5 Å². The Kier molecular flexibility index (Phi) is 4.51. The Balaban J connectivity index is 2.06. The summed E-state index contributed by atoms with van der Waals surface area (Å²) >= 11 is 6.01. The molecule has 1 aliphatic rings. The molecule has 1 saturated heterocycles. The standard InChI is InChI=1S/C17H10ClN3O5/c18-14-7-6-12(21(25)26)8-10(14)9-13-15(22)19-17(24)20(16(13)23)11-4-2-1-3-5-11/h1-9H,(H,19,22,24)/b13-9+. The molecule has 0 bridgehead atoms. The Labute approximate surface area is 151 Å². The van der Waals surface area contributed by atoms with E-state index < -0.39 is 22.8 Å². The van der Waals surface area contributed by atoms with Crippen molar-refractivity contribution in [2.24, 2.45) is 0 Å². The first-order valence-electron chi connectivity index (χ1n) is 7.29. The number of halogens is 1. The molecule has 0 radical (unpaired) electrons. The number of barbiturate groups is 1. The maximum Gasteiger partial charge on any atom is 0.335 e. The maximum absolute atomic E-state index is 12.7. The van der Waals surface area contributed by atoms with Crippen molar-refractivity contribution in [3.63, 3.8) is 0 Å². The van der Waals surface area contributed by atoms with Crippen molar-refractivity contribution < 1.29 is 19.3 Å². The lowest BCUT2D eigenvalue weighted by Crippen LogP contribution is -2.54. The number of imide groups is 2. The summed E-state index contributed by atoms with van der Waals surface area (Å²) in [6.07, 6.45) is 1.12. The van der Waals surface area contributed by atoms with Gasteiger partial charge in [-0.1, -0.05) is 29.8 Å². The van der Waals surface area contributed by atoms with Gasteiger partial charge in [-0.25, -0.2) is 9.69 Å². The van der Waals surface area contributed by atoms with Crippen LogP contribution in [0.25, 0.3) is 6.08 Å². The van der Waals surface area contributed by atoms with Crippen molar-refractivity contribution in [1.82, 2.24) is 5.32 Å². The number of benzene rings is 2. The molecule has 0 atom stereocenters. The van der Waals surface area contributed by atoms with Gasteiger partial charge in [-0.3, -0.25) is 25.0 Å². The number of urea groups is 1. The summed E-state index contributed by atoms with van der Waals surface area (Å²) in [6.45, 7) is 0. The van der Waals surface area contributed by atoms with Gasteiger partial charge in [-0.05, 0) is 24.3 Å². The quantitative estimate of drug-likeness (QED) is 0.386. The molecule has 0 saturated carbocycles. The highest BCUT2D eigenvalue weighted by molar-refractivity contribution is 6.39. The van der Waals surface area contributed by atoms with Gasteiger partial charge in [-0.15, -0.1) is 0 Å². The summed E-state index contributed by atoms with van der Waals surface area (Å²) in [5.74, 6) is -1.76. The van der Waals surface area contributed by atoms with Crippen LogP contribution in [0.1, 0.15) is 5.56 Å². The molecule has 0 aromatic heterocycles. The molecule has 130 valence electrons. The molecule has 1 aliphatic heterocycles. The van der Waals surface area contributed by atoms with Crippen LogP contribution in [0.4, 0.5) is 16.2 Å². The van der Waals surface area contributed by atoms with E-state index in [2.05, 4.69) is 5.32 Å². The first-order valence-corrected chi connectivity index (χ1v) is 7.66. The number of nitro benzene ring substituents is 1. The van der Waals surface area contributed by atoms with Crippen molar-refractivity contribution in [3.8, 4) is 0 Å². The third-order valence-electron chi connectivity index (χ3n) is 3.61. The molecule has 8 nitrogen and oxygen atoms in total. The molecule has 0 aliphatic carbocycles. The number of carbonyl (C=O) groups is 3. The molecular weight excluding hydrogens is 362 g/mol. The fourth-order valence-electron chi connectivity index (χ4n) is 2.38. The van der Waals surface area contributed by atoms with Gasteiger partial charge in [-0.2, -0.15) is 0 Å². The fraction of sp³-hybridized carbons (Fsp3) is 0. The Hall–Kier alpha value is -3.52. The van der Waals surface area contributed by atoms with Gasteiger partial charge >= 0.3 is 6.03 Å². The van der Waals surface area contributed by atoms with E-state index >= 15 is 0 Å². The average Bonchev–Trinajstić information content (AvgIpc) is 2.60. The van der Waals surface area contributed by atoms with Crippen LogP contribution in [0.3, 0.4) is 0 Å². The molecule has 0 spiro atoms. The Morgan fingerprint density at radius 3 is 2.42 bits per heavy atom. The molecule has 3 rings (SSSR count). The van der Waals surface area contributed by atoms with Crippen LogP contribution >= 0.6 is 11.6 Å². The number of hydrogen-bond donors (Lipinski definition) is 1. The maximum atomic E-state index is 12.7. The molecule has 2 aromatic rings. The molecule has 9 heteroatoms. The molecule has 1 fully saturated rings. The Morgan fingerprint density at radius 1 is 1.08 bits per heavy atom. The number of hydrogen-bond acceptors (Lipinski definition) is 5. The number of non-ortho nitro benzene ring substituents is 1. The van der Waals surface area contributed by atoms with Crippen molar-refractivity contribution in [2.75, 3.05) is 4.90 Å². The van der Waals surface area contributed by atoms with Gasteiger partial charge in [0.15, 0.2) is 0 Å². The molecule has 2 aromatic carbocycles. The number of para-hydroxylation sites is 1. The van der Waals surface area contributed by atoms with Gasteiger partial charge < -0.3 is 0 Å². The minimum atomic E-state index is -0.908. The van der Waals surface area contributed by atoms with E-state index in [-0.39, 0.29) is 27.5 Å². The smallest absolute Gasteiger partial charge is 0.273 e. The summed E-state index contributed by atoms with van der Waals surface area (Å²) in [4.78, 5) is 47.9. The highest BCUT2D eigenvalue weighted by Gasteiger charge is 2.36. The second-order valence-corrected chi connectivity index (χ2v) is 5.66. The van der Waals surface area contributed by atoms with Gasteiger partial charge in [0, 0.05) is 22.7 Å². The fourth-order valence-corrected chi connectivity index (χ4v) is 2.55. The second-order valence-electron chi connectivity index (χ2n) is 5.26. The molecule has 0 unspecified atom stereocenters. The third-order valence-corrected chi connectivity index (χ3v) is 3.95. The Morgan fingerprint density at radius 2 is 1.77 bits per heavy atom. The summed E-state index contributed by atoms with van der Waals surface area (Å²) in [7, 11) is 0. The monoisotopic (exact) mass is 371 g/mol. The van der Waals surface area contributed by atoms with Crippen molar-refractivity contribution in [2.45, 2.75) is 0 Å². The van der Waals surface area contributed by atoms with Gasteiger partial charge in [0.1, 0.15) is 5.57 Å². The first kappa shape index (κ1) is 17.3. The van der Waals surface area contributed by atoms with E-state index in [1.807, 2.05) is 0 Å². The normalized spacial score (nSPS) is 16.0. The number of amides is 4. The largest absolute Gasteiger partial charge is 0.335 e. The molecular formula is C17H10ClN3O5. The van der Waals surface area contributed by atoms with Crippen molar-refractivity contribution >= 4 is 46.9 Å². The van der Waals surface area contributed by atoms with E-state index in [0.29, 0.717) is 0 Å². The molecule has 26 heavy (non-hydrogen) atoms. The SMILES string of the molecule is O=C1NC(=O)N(c2ccccc2)C(=O)/C1=C/c1cc([N+](=O)[O-])ccc1Cl. The van der Waals surface area contributed by atoms with Crippen LogP contribution in [-0.2, 0) is 9.59 Å². The minimum Gasteiger partial charge on any atom is -0.273 e. The number of nitro groups is 1. The van der Waals surface area contributed by atoms with Crippen LogP contribution < -0.4 is 10.2 Å². The zero-order valence-electron chi connectivity index (χ0n) is 13.0. The lowest BCUT2D eigenvalue weighted by atomic mass is 10.1. The summed E-state index contributed by atoms with van der Waals surface area (Å²) in [5.41, 5.74) is -0.225. The van der Waals surface area contributed by atoms with Crippen LogP contribution in [-0.4, -0.2) is 22.8 Å². The first-order chi connectivity index (χ1) is 12.4. The number of anilines is 1. The lowest BCUT2D eigenvalue weighted by molar-refractivity contribution is -0.384. The van der Waals surface area contributed by atoms with Gasteiger partial charge in [0.2, 0.25) is 0 Å². The predicted molar refractivity (Wildman–Crippen MR) is 93.6 cm³/mol. The van der Waals surface area contributed by atoms with E-state index in [1.54, 1.807) is 18.2 Å². The number of nitrogens with one attached hydrogen (secondary N) is 1. The van der Waals surface area contributed by atoms with Crippen LogP contribution in [0, 0.1) is 10.1 Å². The second kappa shape index (κ2) is 6.77. The average molecular weight is 372 g/mol. The van der Waals surface area contributed by atoms with E-state index in [0.717, 1.165) is 17.0 Å². The van der Waals surface area contributed by atoms with E-state index in [1.165, 1.54) is 24.3 Å². The Bertz CT molecular complexity index is 972. The van der Waals surface area contributed by atoms with Crippen LogP contribution in [0.5, 0.6) is 0 Å². The lowest BCUT2D eigenvalue weighted by Gasteiger charge is -2.26. The topological polar surface area (TPSA) is 110 Å². The van der Waals surface area contributed by atoms with E-state index in [4.69, 9.17) is 11.6 Å². The summed E-state index contributed by atoms with van der Waals surface area (Å²) in [5, 5.41) is 13.1. The third kappa shape index (κ3) is 3.17. The molecule has 4 amide bonds.